The third kappa shape index (κ3) is 4.38. The number of hydrogen-bond acceptors (Lipinski definition) is 3. The van der Waals surface area contributed by atoms with Gasteiger partial charge >= 0.3 is 0 Å². The van der Waals surface area contributed by atoms with E-state index in [-0.39, 0.29) is 19.1 Å². The van der Waals surface area contributed by atoms with E-state index in [1.54, 1.807) is 36.9 Å². The number of ether oxygens (including phenoxy) is 1. The Morgan fingerprint density at radius 3 is 2.42 bits per heavy atom. The fourth-order valence-electron chi connectivity index (χ4n) is 3.23. The number of amides is 1. The van der Waals surface area contributed by atoms with E-state index < -0.39 is 17.7 Å². The molecular weight excluding hydrogens is 373 g/mol. The van der Waals surface area contributed by atoms with Crippen LogP contribution in [0.25, 0.3) is 0 Å². The van der Waals surface area contributed by atoms with E-state index in [2.05, 4.69) is 0 Å². The monoisotopic (exact) mass is 393 g/mol. The van der Waals surface area contributed by atoms with Crippen LogP contribution >= 0.6 is 23.2 Å². The maximum atomic E-state index is 12.6. The maximum absolute atomic E-state index is 12.6. The molecule has 1 saturated heterocycles. The molecule has 2 aromatic rings. The lowest BCUT2D eigenvalue weighted by Crippen LogP contribution is -2.50. The van der Waals surface area contributed by atoms with Crippen LogP contribution < -0.4 is 0 Å². The first kappa shape index (κ1) is 19.2. The van der Waals surface area contributed by atoms with Crippen LogP contribution in [-0.2, 0) is 9.53 Å². The molecular formula is C20H21Cl2NO3. The van der Waals surface area contributed by atoms with Gasteiger partial charge in [-0.25, -0.2) is 0 Å². The molecule has 26 heavy (non-hydrogen) atoms. The summed E-state index contributed by atoms with van der Waals surface area (Å²) in [5.74, 6) is -0.162. The number of morpholine rings is 1. The zero-order chi connectivity index (χ0) is 18.9. The topological polar surface area (TPSA) is 49.8 Å². The Kier molecular flexibility index (Phi) is 5.58. The molecule has 1 N–H and O–H groups in total. The van der Waals surface area contributed by atoms with Gasteiger partial charge < -0.3 is 14.7 Å². The van der Waals surface area contributed by atoms with Gasteiger partial charge in [-0.2, -0.15) is 0 Å². The SMILES string of the molecule is CC(C)(O)CN1C(=O)CO[C@H](c2cccc(Cl)c2)[C@@H]1c1ccc(Cl)cc1. The number of benzene rings is 2. The van der Waals surface area contributed by atoms with E-state index >= 15 is 0 Å². The van der Waals surface area contributed by atoms with E-state index in [1.165, 1.54) is 0 Å². The van der Waals surface area contributed by atoms with Gasteiger partial charge in [-0.3, -0.25) is 4.79 Å². The van der Waals surface area contributed by atoms with E-state index in [9.17, 15) is 9.90 Å². The number of nitrogens with zero attached hydrogens (tertiary/aromatic N) is 1. The smallest absolute Gasteiger partial charge is 0.249 e. The Labute approximate surface area is 163 Å². The molecule has 1 fully saturated rings. The van der Waals surface area contributed by atoms with Crippen LogP contribution in [0.5, 0.6) is 0 Å². The van der Waals surface area contributed by atoms with Gasteiger partial charge in [0.1, 0.15) is 12.7 Å². The zero-order valence-corrected chi connectivity index (χ0v) is 16.2. The third-order valence-corrected chi connectivity index (χ3v) is 4.76. The summed E-state index contributed by atoms with van der Waals surface area (Å²) in [6, 6.07) is 14.4. The lowest BCUT2D eigenvalue weighted by Gasteiger charge is -2.43. The van der Waals surface area contributed by atoms with Gasteiger partial charge in [-0.05, 0) is 49.2 Å². The van der Waals surface area contributed by atoms with E-state index in [1.807, 2.05) is 30.3 Å². The summed E-state index contributed by atoms with van der Waals surface area (Å²) < 4.78 is 5.91. The minimum atomic E-state index is -1.03. The molecule has 4 nitrogen and oxygen atoms in total. The Hall–Kier alpha value is -1.59. The first-order valence-electron chi connectivity index (χ1n) is 8.39. The van der Waals surface area contributed by atoms with Crippen LogP contribution in [0.1, 0.15) is 37.1 Å². The van der Waals surface area contributed by atoms with Crippen molar-refractivity contribution in [1.82, 2.24) is 4.90 Å². The van der Waals surface area contributed by atoms with Crippen molar-refractivity contribution in [3.05, 3.63) is 69.7 Å². The molecule has 3 rings (SSSR count). The molecule has 1 aliphatic heterocycles. The van der Waals surface area contributed by atoms with Crippen molar-refractivity contribution < 1.29 is 14.6 Å². The Morgan fingerprint density at radius 2 is 1.81 bits per heavy atom. The molecule has 0 aliphatic carbocycles. The molecule has 1 aliphatic rings. The highest BCUT2D eigenvalue weighted by atomic mass is 35.5. The lowest BCUT2D eigenvalue weighted by atomic mass is 9.91. The van der Waals surface area contributed by atoms with E-state index in [4.69, 9.17) is 27.9 Å². The fourth-order valence-corrected chi connectivity index (χ4v) is 3.56. The van der Waals surface area contributed by atoms with Crippen molar-refractivity contribution in [3.8, 4) is 0 Å². The molecule has 6 heteroatoms. The number of halogens is 2. The maximum Gasteiger partial charge on any atom is 0.249 e. The van der Waals surface area contributed by atoms with Crippen molar-refractivity contribution >= 4 is 29.1 Å². The lowest BCUT2D eigenvalue weighted by molar-refractivity contribution is -0.163. The fraction of sp³-hybridized carbons (Fsp3) is 0.350. The van der Waals surface area contributed by atoms with Crippen LogP contribution in [0.2, 0.25) is 10.0 Å². The third-order valence-electron chi connectivity index (χ3n) is 4.28. The zero-order valence-electron chi connectivity index (χ0n) is 14.7. The Morgan fingerprint density at radius 1 is 1.12 bits per heavy atom. The number of β-amino-alcohol motifs (C(OH)–C–C–N with tert-alkyl or cyclic N) is 1. The largest absolute Gasteiger partial charge is 0.389 e. The molecule has 138 valence electrons. The number of carbonyl (C=O) groups excluding carboxylic acids is 1. The van der Waals surface area contributed by atoms with Gasteiger partial charge in [-0.1, -0.05) is 47.5 Å². The van der Waals surface area contributed by atoms with Gasteiger partial charge in [0.25, 0.3) is 0 Å². The number of aliphatic hydroxyl groups is 1. The molecule has 0 radical (unpaired) electrons. The summed E-state index contributed by atoms with van der Waals surface area (Å²) in [4.78, 5) is 14.3. The number of carbonyl (C=O) groups is 1. The van der Waals surface area contributed by atoms with Gasteiger partial charge in [0.05, 0.1) is 11.6 Å². The number of rotatable bonds is 4. The predicted octanol–water partition coefficient (Wildman–Crippen LogP) is 4.41. The quantitative estimate of drug-likeness (QED) is 0.836. The van der Waals surface area contributed by atoms with Crippen molar-refractivity contribution in [2.75, 3.05) is 13.2 Å². The number of hydrogen-bond donors (Lipinski definition) is 1. The molecule has 0 aromatic heterocycles. The molecule has 1 amide bonds. The van der Waals surface area contributed by atoms with Crippen LogP contribution in [0.3, 0.4) is 0 Å². The summed E-state index contributed by atoms with van der Waals surface area (Å²) in [6.45, 7) is 3.52. The summed E-state index contributed by atoms with van der Waals surface area (Å²) in [5, 5.41) is 11.5. The summed E-state index contributed by atoms with van der Waals surface area (Å²) in [6.07, 6.45) is -0.394. The molecule has 2 aromatic carbocycles. The molecule has 2 atom stereocenters. The predicted molar refractivity (Wildman–Crippen MR) is 102 cm³/mol. The average Bonchev–Trinajstić information content (AvgIpc) is 2.56. The Bertz CT molecular complexity index is 786. The highest BCUT2D eigenvalue weighted by Crippen LogP contribution is 2.41. The second kappa shape index (κ2) is 7.57. The van der Waals surface area contributed by atoms with E-state index in [0.717, 1.165) is 11.1 Å². The van der Waals surface area contributed by atoms with E-state index in [0.29, 0.717) is 10.0 Å². The second-order valence-corrected chi connectivity index (χ2v) is 7.99. The van der Waals surface area contributed by atoms with Crippen molar-refractivity contribution in [2.45, 2.75) is 31.6 Å². The van der Waals surface area contributed by atoms with Crippen LogP contribution in [0.15, 0.2) is 48.5 Å². The van der Waals surface area contributed by atoms with Crippen LogP contribution in [0, 0.1) is 0 Å². The molecule has 0 unspecified atom stereocenters. The van der Waals surface area contributed by atoms with Gasteiger partial charge in [-0.15, -0.1) is 0 Å². The molecule has 0 bridgehead atoms. The molecule has 0 saturated carbocycles. The summed E-state index contributed by atoms with van der Waals surface area (Å²) in [5.41, 5.74) is 0.735. The standard InChI is InChI=1S/C20H21Cl2NO3/c1-20(2,25)12-23-17(24)11-26-19(14-4-3-5-16(22)10-14)18(23)13-6-8-15(21)9-7-13/h3-10,18-19,25H,11-12H2,1-2H3/t18-,19+/m0/s1. The Balaban J connectivity index is 2.07. The first-order chi connectivity index (χ1) is 12.2. The highest BCUT2D eigenvalue weighted by Gasteiger charge is 2.40. The van der Waals surface area contributed by atoms with Crippen molar-refractivity contribution in [3.63, 3.8) is 0 Å². The molecule has 1 heterocycles. The highest BCUT2D eigenvalue weighted by molar-refractivity contribution is 6.30. The summed E-state index contributed by atoms with van der Waals surface area (Å²) in [7, 11) is 0. The minimum Gasteiger partial charge on any atom is -0.389 e. The molecule has 0 spiro atoms. The second-order valence-electron chi connectivity index (χ2n) is 7.12. The minimum absolute atomic E-state index is 0.0443. The van der Waals surface area contributed by atoms with Crippen LogP contribution in [-0.4, -0.2) is 34.7 Å². The van der Waals surface area contributed by atoms with Gasteiger partial charge in [0, 0.05) is 16.6 Å². The van der Waals surface area contributed by atoms with Crippen molar-refractivity contribution in [1.29, 1.82) is 0 Å². The van der Waals surface area contributed by atoms with Gasteiger partial charge in [0.2, 0.25) is 5.91 Å². The first-order valence-corrected chi connectivity index (χ1v) is 9.14. The van der Waals surface area contributed by atoms with Crippen LogP contribution in [0.4, 0.5) is 0 Å². The average molecular weight is 394 g/mol. The summed E-state index contributed by atoms with van der Waals surface area (Å²) >= 11 is 12.2. The normalized spacial score (nSPS) is 21.1. The van der Waals surface area contributed by atoms with Crippen molar-refractivity contribution in [2.24, 2.45) is 0 Å². The van der Waals surface area contributed by atoms with Gasteiger partial charge in [0.15, 0.2) is 0 Å².